The van der Waals surface area contributed by atoms with Crippen LogP contribution in [0.3, 0.4) is 0 Å². The van der Waals surface area contributed by atoms with Gasteiger partial charge in [0.2, 0.25) is 5.91 Å². The lowest BCUT2D eigenvalue weighted by molar-refractivity contribution is -0.384. The molecule has 3 rings (SSSR count). The van der Waals surface area contributed by atoms with Gasteiger partial charge in [-0.3, -0.25) is 19.7 Å². The third kappa shape index (κ3) is 6.16. The Kier molecular flexibility index (Phi) is 7.40. The van der Waals surface area contributed by atoms with Crippen molar-refractivity contribution >= 4 is 35.0 Å². The number of nitro groups is 1. The van der Waals surface area contributed by atoms with E-state index < -0.39 is 16.2 Å². The van der Waals surface area contributed by atoms with E-state index in [0.717, 1.165) is 4.90 Å². The highest BCUT2D eigenvalue weighted by atomic mass is 32.2. The summed E-state index contributed by atoms with van der Waals surface area (Å²) in [5.74, 6) is -0.668. The highest BCUT2D eigenvalue weighted by Gasteiger charge is 2.25. The topological polar surface area (TPSA) is 101 Å². The molecule has 7 nitrogen and oxygen atoms in total. The van der Waals surface area contributed by atoms with Crippen LogP contribution in [0.15, 0.2) is 89.8 Å². The molecule has 158 valence electrons. The van der Waals surface area contributed by atoms with Crippen LogP contribution in [0.5, 0.6) is 0 Å². The fraction of sp³-hybridized carbons (Fsp3) is 0.130. The van der Waals surface area contributed by atoms with Crippen LogP contribution in [-0.4, -0.2) is 22.0 Å². The molecule has 0 aliphatic heterocycles. The fourth-order valence-corrected chi connectivity index (χ4v) is 3.72. The Balaban J connectivity index is 1.71. The molecule has 0 saturated heterocycles. The lowest BCUT2D eigenvalue weighted by atomic mass is 10.1. The predicted molar refractivity (Wildman–Crippen MR) is 121 cm³/mol. The minimum absolute atomic E-state index is 0.0109. The van der Waals surface area contributed by atoms with Crippen LogP contribution in [0, 0.1) is 10.1 Å². The molecule has 0 aliphatic carbocycles. The molecule has 3 aromatic carbocycles. The zero-order valence-electron chi connectivity index (χ0n) is 16.7. The Morgan fingerprint density at radius 1 is 0.871 bits per heavy atom. The van der Waals surface area contributed by atoms with E-state index in [4.69, 9.17) is 0 Å². The Morgan fingerprint density at radius 2 is 1.45 bits per heavy atom. The quantitative estimate of drug-likeness (QED) is 0.307. The second kappa shape index (κ2) is 10.4. The van der Waals surface area contributed by atoms with Crippen LogP contribution in [0.4, 0.5) is 11.4 Å². The summed E-state index contributed by atoms with van der Waals surface area (Å²) in [6, 6.07) is 23.2. The molecule has 8 heteroatoms. The number of benzene rings is 3. The standard InChI is InChI=1S/C23H21N3O4S/c1-16(31-20-14-12-19(13-15-20)26(29)30)22(27)25-21(17-8-4-2-5-9-17)23(28)24-18-10-6-3-7-11-18/h2-16,21H,1H3,(H,24,28)(H,25,27)/t16-,21-/m0/s1. The number of nitrogens with one attached hydrogen (secondary N) is 2. The molecule has 0 aromatic heterocycles. The van der Waals surface area contributed by atoms with Gasteiger partial charge in [0.25, 0.3) is 11.6 Å². The average molecular weight is 436 g/mol. The number of anilines is 1. The number of hydrogen-bond donors (Lipinski definition) is 2. The molecule has 0 saturated carbocycles. The number of carbonyl (C=O) groups excluding carboxylic acids is 2. The second-order valence-electron chi connectivity index (χ2n) is 6.72. The molecule has 3 aromatic rings. The van der Waals surface area contributed by atoms with E-state index in [1.807, 2.05) is 24.3 Å². The molecule has 2 amide bonds. The summed E-state index contributed by atoms with van der Waals surface area (Å²) in [6.45, 7) is 1.72. The van der Waals surface area contributed by atoms with Gasteiger partial charge in [-0.2, -0.15) is 0 Å². The van der Waals surface area contributed by atoms with Crippen molar-refractivity contribution in [2.24, 2.45) is 0 Å². The Labute approximate surface area is 184 Å². The van der Waals surface area contributed by atoms with E-state index in [9.17, 15) is 19.7 Å². The van der Waals surface area contributed by atoms with Crippen molar-refractivity contribution in [3.8, 4) is 0 Å². The van der Waals surface area contributed by atoms with Gasteiger partial charge in [0.15, 0.2) is 0 Å². The van der Waals surface area contributed by atoms with Crippen molar-refractivity contribution in [3.05, 3.63) is 101 Å². The van der Waals surface area contributed by atoms with Gasteiger partial charge in [0.1, 0.15) is 6.04 Å². The largest absolute Gasteiger partial charge is 0.340 e. The monoisotopic (exact) mass is 435 g/mol. The van der Waals surface area contributed by atoms with Crippen molar-refractivity contribution in [2.45, 2.75) is 23.1 Å². The molecule has 0 aliphatic rings. The number of para-hydroxylation sites is 1. The maximum atomic E-state index is 12.9. The Hall–Kier alpha value is -3.65. The molecule has 0 bridgehead atoms. The number of thioether (sulfide) groups is 1. The van der Waals surface area contributed by atoms with E-state index in [-0.39, 0.29) is 17.5 Å². The van der Waals surface area contributed by atoms with Gasteiger partial charge in [-0.15, -0.1) is 11.8 Å². The van der Waals surface area contributed by atoms with Gasteiger partial charge in [0.05, 0.1) is 10.2 Å². The first-order valence-corrected chi connectivity index (χ1v) is 10.4. The average Bonchev–Trinajstić information content (AvgIpc) is 2.78. The van der Waals surface area contributed by atoms with Gasteiger partial charge < -0.3 is 10.6 Å². The van der Waals surface area contributed by atoms with E-state index in [1.165, 1.54) is 23.9 Å². The predicted octanol–water partition coefficient (Wildman–Crippen LogP) is 4.57. The lowest BCUT2D eigenvalue weighted by Crippen LogP contribution is -2.40. The summed E-state index contributed by atoms with van der Waals surface area (Å²) in [5.41, 5.74) is 1.29. The number of nitro benzene ring substituents is 1. The van der Waals surface area contributed by atoms with Crippen LogP contribution in [0.2, 0.25) is 0 Å². The van der Waals surface area contributed by atoms with E-state index in [2.05, 4.69) is 10.6 Å². The summed E-state index contributed by atoms with van der Waals surface area (Å²) in [6.07, 6.45) is 0. The van der Waals surface area contributed by atoms with E-state index in [1.54, 1.807) is 55.5 Å². The highest BCUT2D eigenvalue weighted by molar-refractivity contribution is 8.00. The third-order valence-electron chi connectivity index (χ3n) is 4.45. The zero-order valence-corrected chi connectivity index (χ0v) is 17.5. The number of rotatable bonds is 8. The van der Waals surface area contributed by atoms with Crippen molar-refractivity contribution in [1.82, 2.24) is 5.32 Å². The zero-order chi connectivity index (χ0) is 22.2. The van der Waals surface area contributed by atoms with Crippen molar-refractivity contribution in [2.75, 3.05) is 5.32 Å². The van der Waals surface area contributed by atoms with Crippen LogP contribution in [0.25, 0.3) is 0 Å². The van der Waals surface area contributed by atoms with E-state index >= 15 is 0 Å². The first-order chi connectivity index (χ1) is 14.9. The fourth-order valence-electron chi connectivity index (χ4n) is 2.85. The molecule has 0 spiro atoms. The Bertz CT molecular complexity index is 1040. The van der Waals surface area contributed by atoms with Crippen LogP contribution >= 0.6 is 11.8 Å². The number of nitrogens with zero attached hydrogens (tertiary/aromatic N) is 1. The minimum atomic E-state index is -0.867. The normalized spacial score (nSPS) is 12.4. The maximum absolute atomic E-state index is 12.9. The van der Waals surface area contributed by atoms with Gasteiger partial charge in [-0.05, 0) is 36.8 Å². The molecule has 0 unspecified atom stereocenters. The summed E-state index contributed by atoms with van der Waals surface area (Å²) in [7, 11) is 0. The third-order valence-corrected chi connectivity index (χ3v) is 5.56. The summed E-state index contributed by atoms with van der Waals surface area (Å²) < 4.78 is 0. The van der Waals surface area contributed by atoms with Crippen LogP contribution < -0.4 is 10.6 Å². The molecule has 2 N–H and O–H groups in total. The molecule has 0 fully saturated rings. The molecular formula is C23H21N3O4S. The van der Waals surface area contributed by atoms with Gasteiger partial charge in [0, 0.05) is 22.7 Å². The molecule has 2 atom stereocenters. The smallest absolute Gasteiger partial charge is 0.269 e. The summed E-state index contributed by atoms with van der Waals surface area (Å²) >= 11 is 1.26. The molecular weight excluding hydrogens is 414 g/mol. The number of amides is 2. The molecule has 31 heavy (non-hydrogen) atoms. The molecule has 0 heterocycles. The summed E-state index contributed by atoms with van der Waals surface area (Å²) in [5, 5.41) is 15.9. The number of hydrogen-bond acceptors (Lipinski definition) is 5. The van der Waals surface area contributed by atoms with Crippen molar-refractivity contribution in [3.63, 3.8) is 0 Å². The Morgan fingerprint density at radius 3 is 2.03 bits per heavy atom. The number of carbonyl (C=O) groups is 2. The van der Waals surface area contributed by atoms with Crippen molar-refractivity contribution < 1.29 is 14.5 Å². The molecule has 0 radical (unpaired) electrons. The first-order valence-electron chi connectivity index (χ1n) is 9.56. The van der Waals surface area contributed by atoms with Crippen LogP contribution in [0.1, 0.15) is 18.5 Å². The van der Waals surface area contributed by atoms with Gasteiger partial charge in [-0.25, -0.2) is 0 Å². The number of non-ortho nitro benzene ring substituents is 1. The van der Waals surface area contributed by atoms with Gasteiger partial charge >= 0.3 is 0 Å². The first kappa shape index (κ1) is 22.0. The van der Waals surface area contributed by atoms with Gasteiger partial charge in [-0.1, -0.05) is 48.5 Å². The van der Waals surface area contributed by atoms with Crippen molar-refractivity contribution in [1.29, 1.82) is 0 Å². The highest BCUT2D eigenvalue weighted by Crippen LogP contribution is 2.26. The maximum Gasteiger partial charge on any atom is 0.269 e. The van der Waals surface area contributed by atoms with Crippen LogP contribution in [-0.2, 0) is 9.59 Å². The minimum Gasteiger partial charge on any atom is -0.340 e. The SMILES string of the molecule is C[C@H](Sc1ccc([N+](=O)[O-])cc1)C(=O)N[C@H](C(=O)Nc1ccccc1)c1ccccc1. The second-order valence-corrected chi connectivity index (χ2v) is 8.13. The lowest BCUT2D eigenvalue weighted by Gasteiger charge is -2.21. The summed E-state index contributed by atoms with van der Waals surface area (Å²) in [4.78, 5) is 36.8. The van der Waals surface area contributed by atoms with E-state index in [0.29, 0.717) is 11.3 Å².